The Labute approximate surface area is 171 Å². The van der Waals surface area contributed by atoms with E-state index in [0.29, 0.717) is 34.2 Å². The molecule has 0 aliphatic heterocycles. The lowest BCUT2D eigenvalue weighted by atomic mass is 9.96. The van der Waals surface area contributed by atoms with Gasteiger partial charge in [0.15, 0.2) is 11.6 Å². The molecule has 8 nitrogen and oxygen atoms in total. The molecule has 3 aromatic heterocycles. The summed E-state index contributed by atoms with van der Waals surface area (Å²) in [5.41, 5.74) is 7.52. The molecule has 0 radical (unpaired) electrons. The van der Waals surface area contributed by atoms with Crippen molar-refractivity contribution in [1.29, 1.82) is 0 Å². The molecule has 0 saturated heterocycles. The van der Waals surface area contributed by atoms with Crippen LogP contribution in [-0.4, -0.2) is 44.8 Å². The summed E-state index contributed by atoms with van der Waals surface area (Å²) in [7, 11) is 1.48. The van der Waals surface area contributed by atoms with Crippen molar-refractivity contribution in [3.8, 4) is 28.4 Å². The molecule has 0 aromatic carbocycles. The number of nitrogens with two attached hydrogens (primary N) is 1. The van der Waals surface area contributed by atoms with Crippen LogP contribution in [0.4, 0.5) is 24.9 Å². The number of hydrogen-bond donors (Lipinski definition) is 3. The quantitative estimate of drug-likeness (QED) is 0.574. The number of methoxy groups -OCH3 is 1. The van der Waals surface area contributed by atoms with Crippen molar-refractivity contribution < 1.29 is 17.9 Å². The highest BCUT2D eigenvalue weighted by atomic mass is 19.4. The standard InChI is InChI=1S/C19H22F3N7O/c1-18(2,3)16-28-13(10-7-12(30-4)15(23)25-8-10)14(29-16)11-5-6-24-17(27-11)26-9-19(20,21)22/h5-8H,9H2,1-4H3,(H2,23,25)(H,28,29)(H,24,26,27). The molecule has 0 spiro atoms. The number of nitrogens with zero attached hydrogens (tertiary/aromatic N) is 4. The second-order valence-electron chi connectivity index (χ2n) is 7.60. The smallest absolute Gasteiger partial charge is 0.405 e. The number of hydrogen-bond acceptors (Lipinski definition) is 7. The van der Waals surface area contributed by atoms with Gasteiger partial charge in [0.05, 0.1) is 24.2 Å². The summed E-state index contributed by atoms with van der Waals surface area (Å²) in [6, 6.07) is 3.28. The lowest BCUT2D eigenvalue weighted by molar-refractivity contribution is -0.115. The average Bonchev–Trinajstić information content (AvgIpc) is 3.12. The molecule has 160 valence electrons. The van der Waals surface area contributed by atoms with Gasteiger partial charge in [-0.05, 0) is 12.1 Å². The third-order valence-electron chi connectivity index (χ3n) is 4.15. The van der Waals surface area contributed by atoms with Crippen LogP contribution in [0.25, 0.3) is 22.6 Å². The Morgan fingerprint density at radius 1 is 1.17 bits per heavy atom. The Kier molecular flexibility index (Phi) is 5.55. The van der Waals surface area contributed by atoms with E-state index in [1.807, 2.05) is 20.8 Å². The molecule has 3 rings (SSSR count). The molecule has 0 amide bonds. The van der Waals surface area contributed by atoms with Gasteiger partial charge in [-0.2, -0.15) is 13.2 Å². The highest BCUT2D eigenvalue weighted by Gasteiger charge is 2.27. The Morgan fingerprint density at radius 3 is 2.53 bits per heavy atom. The van der Waals surface area contributed by atoms with Gasteiger partial charge >= 0.3 is 6.18 Å². The Bertz CT molecular complexity index is 1040. The van der Waals surface area contributed by atoms with E-state index in [9.17, 15) is 13.2 Å². The molecule has 0 bridgehead atoms. The minimum Gasteiger partial charge on any atom is -0.493 e. The molecule has 0 fully saturated rings. The zero-order valence-corrected chi connectivity index (χ0v) is 16.9. The Balaban J connectivity index is 2.10. The second kappa shape index (κ2) is 7.81. The molecule has 0 saturated carbocycles. The number of alkyl halides is 3. The maximum absolute atomic E-state index is 12.5. The van der Waals surface area contributed by atoms with E-state index < -0.39 is 12.7 Å². The molecule has 0 atom stereocenters. The first kappa shape index (κ1) is 21.3. The predicted octanol–water partition coefficient (Wildman–Crippen LogP) is 3.79. The SMILES string of the molecule is COc1cc(-c2nc(C(C)(C)C)[nH]c2-c2ccnc(NCC(F)(F)F)n2)cnc1N. The fourth-order valence-electron chi connectivity index (χ4n) is 2.63. The molecule has 4 N–H and O–H groups in total. The van der Waals surface area contributed by atoms with Crippen molar-refractivity contribution in [3.05, 3.63) is 30.4 Å². The van der Waals surface area contributed by atoms with Crippen LogP contribution in [0.5, 0.6) is 5.75 Å². The monoisotopic (exact) mass is 421 g/mol. The number of halogens is 3. The third kappa shape index (κ3) is 4.78. The lowest BCUT2D eigenvalue weighted by Gasteiger charge is -2.14. The molecule has 0 aliphatic carbocycles. The van der Waals surface area contributed by atoms with Gasteiger partial charge in [-0.1, -0.05) is 20.8 Å². The first-order valence-corrected chi connectivity index (χ1v) is 9.02. The van der Waals surface area contributed by atoms with Crippen molar-refractivity contribution in [3.63, 3.8) is 0 Å². The lowest BCUT2D eigenvalue weighted by Crippen LogP contribution is -2.22. The molecule has 30 heavy (non-hydrogen) atoms. The number of rotatable bonds is 5. The highest BCUT2D eigenvalue weighted by molar-refractivity contribution is 5.78. The number of H-pyrrole nitrogens is 1. The number of ether oxygens (including phenoxy) is 1. The molecule has 3 heterocycles. The van der Waals surface area contributed by atoms with E-state index in [1.54, 1.807) is 18.3 Å². The number of nitrogens with one attached hydrogen (secondary N) is 2. The highest BCUT2D eigenvalue weighted by Crippen LogP contribution is 2.35. The zero-order valence-electron chi connectivity index (χ0n) is 16.9. The number of nitrogen functional groups attached to an aromatic ring is 1. The largest absolute Gasteiger partial charge is 0.493 e. The Morgan fingerprint density at radius 2 is 1.90 bits per heavy atom. The van der Waals surface area contributed by atoms with Crippen molar-refractivity contribution >= 4 is 11.8 Å². The topological polar surface area (TPSA) is 115 Å². The van der Waals surface area contributed by atoms with Crippen molar-refractivity contribution in [2.45, 2.75) is 32.4 Å². The fourth-order valence-corrected chi connectivity index (χ4v) is 2.63. The minimum absolute atomic E-state index is 0.143. The normalized spacial score (nSPS) is 12.1. The van der Waals surface area contributed by atoms with E-state index in [-0.39, 0.29) is 17.2 Å². The van der Waals surface area contributed by atoms with Crippen LogP contribution in [0, 0.1) is 0 Å². The number of aromatic amines is 1. The van der Waals surface area contributed by atoms with E-state index in [2.05, 4.69) is 25.3 Å². The van der Waals surface area contributed by atoms with Gasteiger partial charge in [0.2, 0.25) is 5.95 Å². The summed E-state index contributed by atoms with van der Waals surface area (Å²) in [4.78, 5) is 20.1. The van der Waals surface area contributed by atoms with Gasteiger partial charge in [0.1, 0.15) is 12.4 Å². The minimum atomic E-state index is -4.38. The fraction of sp³-hybridized carbons (Fsp3) is 0.368. The Hall–Kier alpha value is -3.37. The molecule has 0 unspecified atom stereocenters. The summed E-state index contributed by atoms with van der Waals surface area (Å²) < 4.78 is 42.8. The van der Waals surface area contributed by atoms with Gasteiger partial charge in [-0.15, -0.1) is 0 Å². The molecule has 0 aliphatic rings. The summed E-state index contributed by atoms with van der Waals surface area (Å²) >= 11 is 0. The van der Waals surface area contributed by atoms with E-state index >= 15 is 0 Å². The third-order valence-corrected chi connectivity index (χ3v) is 4.15. The van der Waals surface area contributed by atoms with E-state index in [1.165, 1.54) is 13.3 Å². The van der Waals surface area contributed by atoms with Crippen LogP contribution in [0.2, 0.25) is 0 Å². The molecule has 3 aromatic rings. The first-order valence-electron chi connectivity index (χ1n) is 9.02. The second-order valence-corrected chi connectivity index (χ2v) is 7.60. The van der Waals surface area contributed by atoms with Crippen LogP contribution in [-0.2, 0) is 5.41 Å². The summed E-state index contributed by atoms with van der Waals surface area (Å²) in [6.45, 7) is 4.71. The molecular weight excluding hydrogens is 399 g/mol. The van der Waals surface area contributed by atoms with E-state index in [4.69, 9.17) is 15.5 Å². The van der Waals surface area contributed by atoms with Crippen molar-refractivity contribution in [2.75, 3.05) is 24.7 Å². The van der Waals surface area contributed by atoms with Gasteiger partial charge in [-0.3, -0.25) is 0 Å². The summed E-state index contributed by atoms with van der Waals surface area (Å²) in [5.74, 6) is 1.14. The van der Waals surface area contributed by atoms with E-state index in [0.717, 1.165) is 0 Å². The maximum atomic E-state index is 12.5. The van der Waals surface area contributed by atoms with Crippen LogP contribution in [0.15, 0.2) is 24.5 Å². The summed E-state index contributed by atoms with van der Waals surface area (Å²) in [6.07, 6.45) is -1.46. The first-order chi connectivity index (χ1) is 14.0. The predicted molar refractivity (Wildman–Crippen MR) is 107 cm³/mol. The number of aromatic nitrogens is 5. The number of imidazole rings is 1. The van der Waals surface area contributed by atoms with Crippen LogP contribution in [0.1, 0.15) is 26.6 Å². The van der Waals surface area contributed by atoms with Crippen LogP contribution < -0.4 is 15.8 Å². The van der Waals surface area contributed by atoms with Crippen molar-refractivity contribution in [1.82, 2.24) is 24.9 Å². The van der Waals surface area contributed by atoms with Gasteiger partial charge in [0.25, 0.3) is 0 Å². The zero-order chi connectivity index (χ0) is 22.1. The van der Waals surface area contributed by atoms with Gasteiger partial charge < -0.3 is 20.8 Å². The average molecular weight is 421 g/mol. The number of pyridine rings is 1. The summed E-state index contributed by atoms with van der Waals surface area (Å²) in [5, 5.41) is 2.19. The maximum Gasteiger partial charge on any atom is 0.405 e. The van der Waals surface area contributed by atoms with Crippen LogP contribution in [0.3, 0.4) is 0 Å². The van der Waals surface area contributed by atoms with Crippen LogP contribution >= 0.6 is 0 Å². The molecule has 11 heteroatoms. The van der Waals surface area contributed by atoms with Crippen molar-refractivity contribution in [2.24, 2.45) is 0 Å². The van der Waals surface area contributed by atoms with Gasteiger partial charge in [0, 0.05) is 23.4 Å². The number of anilines is 2. The van der Waals surface area contributed by atoms with Gasteiger partial charge in [-0.25, -0.2) is 19.9 Å². The molecular formula is C19H22F3N7O.